The summed E-state index contributed by atoms with van der Waals surface area (Å²) in [6.45, 7) is 1.68. The summed E-state index contributed by atoms with van der Waals surface area (Å²) in [4.78, 5) is 13.4. The van der Waals surface area contributed by atoms with Gasteiger partial charge in [0.1, 0.15) is 10.7 Å². The third-order valence-electron chi connectivity index (χ3n) is 2.75. The van der Waals surface area contributed by atoms with E-state index in [0.717, 1.165) is 0 Å². The lowest BCUT2D eigenvalue weighted by Crippen LogP contribution is -1.93. The van der Waals surface area contributed by atoms with Crippen molar-refractivity contribution in [3.8, 4) is 17.3 Å². The molecule has 5 nitrogen and oxygen atoms in total. The lowest BCUT2D eigenvalue weighted by atomic mass is 10.1. The second-order valence-electron chi connectivity index (χ2n) is 3.98. The number of hydrogen-bond acceptors (Lipinski definition) is 4. The molecule has 0 amide bonds. The van der Waals surface area contributed by atoms with E-state index in [0.29, 0.717) is 27.0 Å². The van der Waals surface area contributed by atoms with E-state index >= 15 is 0 Å². The number of hydrogen-bond donors (Lipinski definition) is 1. The fraction of sp³-hybridized carbons (Fsp3) is 0.0769. The summed E-state index contributed by atoms with van der Waals surface area (Å²) >= 11 is 5.04. The first-order valence-corrected chi connectivity index (χ1v) is 5.82. The SMILES string of the molecule is Cc1ccc(-c2ccc(C#N)c(=S)[nH]2)cc1[N+](=O)[O-]. The van der Waals surface area contributed by atoms with Gasteiger partial charge < -0.3 is 4.98 Å². The Labute approximate surface area is 114 Å². The van der Waals surface area contributed by atoms with Gasteiger partial charge in [-0.1, -0.05) is 24.4 Å². The molecule has 0 saturated heterocycles. The minimum Gasteiger partial charge on any atom is -0.345 e. The van der Waals surface area contributed by atoms with Gasteiger partial charge in [0.05, 0.1) is 10.5 Å². The number of nitrogens with zero attached hydrogens (tertiary/aromatic N) is 2. The number of pyridine rings is 1. The Morgan fingerprint density at radius 2 is 2.11 bits per heavy atom. The molecule has 1 aromatic heterocycles. The molecule has 0 fully saturated rings. The third kappa shape index (κ3) is 2.51. The van der Waals surface area contributed by atoms with Crippen LogP contribution in [0.1, 0.15) is 11.1 Å². The van der Waals surface area contributed by atoms with E-state index in [2.05, 4.69) is 4.98 Å². The van der Waals surface area contributed by atoms with Crippen LogP contribution in [0, 0.1) is 33.0 Å². The number of H-pyrrole nitrogens is 1. The van der Waals surface area contributed by atoms with Crippen molar-refractivity contribution in [2.24, 2.45) is 0 Å². The lowest BCUT2D eigenvalue weighted by molar-refractivity contribution is -0.385. The standard InChI is InChI=1S/C13H9N3O2S/c1-8-2-3-9(6-12(8)16(17)18)11-5-4-10(7-14)13(19)15-11/h2-6H,1H3,(H,15,19). The molecule has 0 aliphatic heterocycles. The van der Waals surface area contributed by atoms with Crippen LogP contribution in [-0.2, 0) is 0 Å². The van der Waals surface area contributed by atoms with Gasteiger partial charge >= 0.3 is 0 Å². The van der Waals surface area contributed by atoms with Crippen LogP contribution in [0.25, 0.3) is 11.3 Å². The molecule has 94 valence electrons. The van der Waals surface area contributed by atoms with Crippen molar-refractivity contribution in [1.29, 1.82) is 5.26 Å². The summed E-state index contributed by atoms with van der Waals surface area (Å²) in [5.41, 5.74) is 2.34. The van der Waals surface area contributed by atoms with Crippen LogP contribution >= 0.6 is 12.2 Å². The summed E-state index contributed by atoms with van der Waals surface area (Å²) < 4.78 is 0.322. The van der Waals surface area contributed by atoms with Gasteiger partial charge in [-0.2, -0.15) is 5.26 Å². The fourth-order valence-electron chi connectivity index (χ4n) is 1.70. The molecular weight excluding hydrogens is 262 g/mol. The number of aromatic nitrogens is 1. The summed E-state index contributed by atoms with van der Waals surface area (Å²) in [5, 5.41) is 19.7. The van der Waals surface area contributed by atoms with E-state index < -0.39 is 4.92 Å². The number of aromatic amines is 1. The summed E-state index contributed by atoms with van der Waals surface area (Å²) in [6.07, 6.45) is 0. The Bertz CT molecular complexity index is 759. The highest BCUT2D eigenvalue weighted by molar-refractivity contribution is 7.71. The highest BCUT2D eigenvalue weighted by Crippen LogP contribution is 2.25. The van der Waals surface area contributed by atoms with Crippen LogP contribution < -0.4 is 0 Å². The van der Waals surface area contributed by atoms with Gasteiger partial charge in [0, 0.05) is 22.9 Å². The Hall–Kier alpha value is -2.52. The molecule has 2 rings (SSSR count). The summed E-state index contributed by atoms with van der Waals surface area (Å²) in [5.74, 6) is 0. The number of benzene rings is 1. The van der Waals surface area contributed by atoms with Crippen molar-refractivity contribution >= 4 is 17.9 Å². The lowest BCUT2D eigenvalue weighted by Gasteiger charge is -2.04. The van der Waals surface area contributed by atoms with E-state index in [1.165, 1.54) is 6.07 Å². The van der Waals surface area contributed by atoms with Crippen LogP contribution in [0.4, 0.5) is 5.69 Å². The van der Waals surface area contributed by atoms with E-state index in [4.69, 9.17) is 17.5 Å². The van der Waals surface area contributed by atoms with Gasteiger partial charge in [0.25, 0.3) is 5.69 Å². The van der Waals surface area contributed by atoms with Gasteiger partial charge in [-0.25, -0.2) is 0 Å². The molecule has 6 heteroatoms. The fourth-order valence-corrected chi connectivity index (χ4v) is 1.93. The second-order valence-corrected chi connectivity index (χ2v) is 4.39. The van der Waals surface area contributed by atoms with Crippen LogP contribution in [0.2, 0.25) is 0 Å². The maximum atomic E-state index is 10.9. The van der Waals surface area contributed by atoms with E-state index in [-0.39, 0.29) is 5.69 Å². The van der Waals surface area contributed by atoms with Crippen LogP contribution in [-0.4, -0.2) is 9.91 Å². The average molecular weight is 271 g/mol. The number of rotatable bonds is 2. The predicted molar refractivity (Wildman–Crippen MR) is 73.2 cm³/mol. The smallest absolute Gasteiger partial charge is 0.272 e. The number of nitrogens with one attached hydrogen (secondary N) is 1. The topological polar surface area (TPSA) is 82.7 Å². The summed E-state index contributed by atoms with van der Waals surface area (Å²) in [6, 6.07) is 10.2. The molecule has 1 aromatic carbocycles. The van der Waals surface area contributed by atoms with E-state index in [9.17, 15) is 10.1 Å². The molecule has 1 N–H and O–H groups in total. The molecule has 0 unspecified atom stereocenters. The first-order chi connectivity index (χ1) is 9.02. The highest BCUT2D eigenvalue weighted by Gasteiger charge is 2.12. The molecule has 19 heavy (non-hydrogen) atoms. The predicted octanol–water partition coefficient (Wildman–Crippen LogP) is 3.50. The summed E-state index contributed by atoms with van der Waals surface area (Å²) in [7, 11) is 0. The monoisotopic (exact) mass is 271 g/mol. The van der Waals surface area contributed by atoms with Crippen LogP contribution in [0.15, 0.2) is 30.3 Å². The van der Waals surface area contributed by atoms with E-state index in [1.807, 2.05) is 6.07 Å². The molecule has 0 saturated carbocycles. The number of nitro groups is 1. The molecule has 0 aliphatic carbocycles. The first kappa shape index (κ1) is 12.9. The van der Waals surface area contributed by atoms with Crippen LogP contribution in [0.5, 0.6) is 0 Å². The normalized spacial score (nSPS) is 9.89. The average Bonchev–Trinajstić information content (AvgIpc) is 2.38. The van der Waals surface area contributed by atoms with Gasteiger partial charge in [0.15, 0.2) is 0 Å². The van der Waals surface area contributed by atoms with Crippen LogP contribution in [0.3, 0.4) is 0 Å². The van der Waals surface area contributed by atoms with Crippen molar-refractivity contribution in [1.82, 2.24) is 4.98 Å². The molecule has 0 atom stereocenters. The third-order valence-corrected chi connectivity index (χ3v) is 3.07. The van der Waals surface area contributed by atoms with Crippen molar-refractivity contribution in [3.63, 3.8) is 0 Å². The van der Waals surface area contributed by atoms with Crippen molar-refractivity contribution in [2.75, 3.05) is 0 Å². The largest absolute Gasteiger partial charge is 0.345 e. The van der Waals surface area contributed by atoms with E-state index in [1.54, 1.807) is 31.2 Å². The van der Waals surface area contributed by atoms with Crippen molar-refractivity contribution in [3.05, 3.63) is 56.2 Å². The molecule has 1 heterocycles. The molecule has 0 aliphatic rings. The van der Waals surface area contributed by atoms with Gasteiger partial charge in [-0.3, -0.25) is 10.1 Å². The number of aryl methyl sites for hydroxylation is 1. The maximum absolute atomic E-state index is 10.9. The zero-order valence-corrected chi connectivity index (χ0v) is 10.8. The maximum Gasteiger partial charge on any atom is 0.272 e. The van der Waals surface area contributed by atoms with Gasteiger partial charge in [0.2, 0.25) is 0 Å². The number of nitro benzene ring substituents is 1. The minimum atomic E-state index is -0.420. The molecular formula is C13H9N3O2S. The van der Waals surface area contributed by atoms with Gasteiger partial charge in [-0.15, -0.1) is 0 Å². The Morgan fingerprint density at radius 1 is 1.37 bits per heavy atom. The molecule has 0 radical (unpaired) electrons. The second kappa shape index (κ2) is 5.00. The quantitative estimate of drug-likeness (QED) is 0.514. The minimum absolute atomic E-state index is 0.0566. The molecule has 0 spiro atoms. The zero-order chi connectivity index (χ0) is 14.0. The molecule has 2 aromatic rings. The Kier molecular flexibility index (Phi) is 3.40. The zero-order valence-electron chi connectivity index (χ0n) is 10.0. The first-order valence-electron chi connectivity index (χ1n) is 5.42. The number of nitriles is 1. The van der Waals surface area contributed by atoms with Crippen molar-refractivity contribution in [2.45, 2.75) is 6.92 Å². The Balaban J connectivity index is 2.57. The molecule has 0 bridgehead atoms. The Morgan fingerprint density at radius 3 is 2.68 bits per heavy atom. The highest BCUT2D eigenvalue weighted by atomic mass is 32.1. The van der Waals surface area contributed by atoms with Crippen molar-refractivity contribution < 1.29 is 4.92 Å². The van der Waals surface area contributed by atoms with Gasteiger partial charge in [-0.05, 0) is 19.1 Å².